The number of nitrogens with zero attached hydrogens (tertiary/aromatic N) is 3. The molecule has 1 aliphatic rings. The van der Waals surface area contributed by atoms with E-state index >= 15 is 0 Å². The first-order valence-electron chi connectivity index (χ1n) is 9.38. The predicted octanol–water partition coefficient (Wildman–Crippen LogP) is 5.53. The minimum absolute atomic E-state index is 0.167. The Bertz CT molecular complexity index is 745. The summed E-state index contributed by atoms with van der Waals surface area (Å²) < 4.78 is 0. The summed E-state index contributed by atoms with van der Waals surface area (Å²) in [6, 6.07) is 3.54. The fourth-order valence-corrected chi connectivity index (χ4v) is 3.98. The van der Waals surface area contributed by atoms with Crippen LogP contribution in [-0.4, -0.2) is 15.6 Å². The summed E-state index contributed by atoms with van der Waals surface area (Å²) >= 11 is 0. The lowest BCUT2D eigenvalue weighted by molar-refractivity contribution is -0.393. The molecule has 2 atom stereocenters. The predicted molar refractivity (Wildman–Crippen MR) is 106 cm³/mol. The Morgan fingerprint density at radius 2 is 1.93 bits per heavy atom. The fraction of sp³-hybridized carbons (Fsp3) is 0.632. The van der Waals surface area contributed by atoms with Crippen molar-refractivity contribution in [1.82, 2.24) is 0 Å². The monoisotopic (exact) mass is 376 g/mol. The molecule has 1 aromatic carbocycles. The molecule has 27 heavy (non-hydrogen) atoms. The number of nitro benzene ring substituents is 2. The van der Waals surface area contributed by atoms with Gasteiger partial charge >= 0.3 is 5.69 Å². The van der Waals surface area contributed by atoms with Crippen molar-refractivity contribution in [2.75, 3.05) is 5.43 Å². The van der Waals surface area contributed by atoms with E-state index in [9.17, 15) is 20.2 Å². The lowest BCUT2D eigenvalue weighted by atomic mass is 9.66. The van der Waals surface area contributed by atoms with E-state index in [1.807, 2.05) is 0 Å². The standard InChI is InChI=1S/C19H28N4O4/c1-5-8-19(3,4)14-9-13(2)10-15(11-14)20-21-17-7-6-16(22(24)25)12-18(17)23(26)27/h6-7,12-14,21H,5,8-11H2,1-4H3/b20-15+/t13-,14+/m0/s1. The summed E-state index contributed by atoms with van der Waals surface area (Å²) in [6.07, 6.45) is 5.16. The molecule has 0 unspecified atom stereocenters. The van der Waals surface area contributed by atoms with Gasteiger partial charge in [0, 0.05) is 11.8 Å². The molecule has 0 bridgehead atoms. The van der Waals surface area contributed by atoms with Crippen LogP contribution in [0, 0.1) is 37.5 Å². The number of nitro groups is 2. The van der Waals surface area contributed by atoms with Crippen LogP contribution in [0.4, 0.5) is 17.1 Å². The molecule has 1 fully saturated rings. The van der Waals surface area contributed by atoms with Gasteiger partial charge in [0.2, 0.25) is 0 Å². The van der Waals surface area contributed by atoms with Gasteiger partial charge in [0.25, 0.3) is 5.69 Å². The van der Waals surface area contributed by atoms with Crippen LogP contribution in [0.3, 0.4) is 0 Å². The highest BCUT2D eigenvalue weighted by molar-refractivity contribution is 5.86. The zero-order chi connectivity index (χ0) is 20.2. The molecule has 0 saturated heterocycles. The average molecular weight is 376 g/mol. The normalized spacial score (nSPS) is 21.9. The Hall–Kier alpha value is -2.51. The first-order valence-corrected chi connectivity index (χ1v) is 9.38. The van der Waals surface area contributed by atoms with E-state index in [0.717, 1.165) is 43.9 Å². The Labute approximate surface area is 159 Å². The average Bonchev–Trinajstić information content (AvgIpc) is 2.59. The summed E-state index contributed by atoms with van der Waals surface area (Å²) in [5.74, 6) is 1.03. The Morgan fingerprint density at radius 1 is 1.22 bits per heavy atom. The van der Waals surface area contributed by atoms with E-state index in [0.29, 0.717) is 11.8 Å². The minimum atomic E-state index is -0.647. The van der Waals surface area contributed by atoms with E-state index < -0.39 is 9.85 Å². The van der Waals surface area contributed by atoms with Gasteiger partial charge in [-0.3, -0.25) is 25.7 Å². The number of hydrogen-bond acceptors (Lipinski definition) is 6. The highest BCUT2D eigenvalue weighted by Gasteiger charge is 2.34. The van der Waals surface area contributed by atoms with E-state index in [1.165, 1.54) is 12.1 Å². The van der Waals surface area contributed by atoms with Gasteiger partial charge in [-0.25, -0.2) is 0 Å². The molecule has 1 aliphatic carbocycles. The van der Waals surface area contributed by atoms with Crippen molar-refractivity contribution in [3.63, 3.8) is 0 Å². The maximum Gasteiger partial charge on any atom is 0.301 e. The van der Waals surface area contributed by atoms with Crippen molar-refractivity contribution in [2.24, 2.45) is 22.4 Å². The van der Waals surface area contributed by atoms with Gasteiger partial charge < -0.3 is 0 Å². The third kappa shape index (κ3) is 5.24. The van der Waals surface area contributed by atoms with Crippen molar-refractivity contribution in [1.29, 1.82) is 0 Å². The summed E-state index contributed by atoms with van der Waals surface area (Å²) in [7, 11) is 0. The SMILES string of the molecule is CCCC(C)(C)[C@H]1C/C(=N/Nc2ccc([N+](=O)[O-])cc2[N+](=O)[O-])C[C@@H](C)C1. The molecule has 0 heterocycles. The van der Waals surface area contributed by atoms with E-state index in [-0.39, 0.29) is 22.5 Å². The van der Waals surface area contributed by atoms with Gasteiger partial charge in [0.15, 0.2) is 0 Å². The number of nitrogens with one attached hydrogen (secondary N) is 1. The van der Waals surface area contributed by atoms with Gasteiger partial charge in [-0.05, 0) is 49.0 Å². The van der Waals surface area contributed by atoms with Crippen LogP contribution in [0.2, 0.25) is 0 Å². The number of hydrogen-bond donors (Lipinski definition) is 1. The molecule has 1 N–H and O–H groups in total. The van der Waals surface area contributed by atoms with Crippen LogP contribution in [0.5, 0.6) is 0 Å². The summed E-state index contributed by atoms with van der Waals surface area (Å²) in [5.41, 5.74) is 3.51. The molecule has 0 radical (unpaired) electrons. The second kappa shape index (κ2) is 8.45. The molecule has 148 valence electrons. The fourth-order valence-electron chi connectivity index (χ4n) is 3.98. The first-order chi connectivity index (χ1) is 12.6. The lowest BCUT2D eigenvalue weighted by Crippen LogP contribution is -2.32. The van der Waals surface area contributed by atoms with Crippen molar-refractivity contribution in [3.05, 3.63) is 38.4 Å². The van der Waals surface area contributed by atoms with Crippen LogP contribution in [-0.2, 0) is 0 Å². The van der Waals surface area contributed by atoms with Gasteiger partial charge in [0.05, 0.1) is 15.9 Å². The lowest BCUT2D eigenvalue weighted by Gasteiger charge is -2.39. The van der Waals surface area contributed by atoms with E-state index in [2.05, 4.69) is 38.2 Å². The molecule has 1 saturated carbocycles. The van der Waals surface area contributed by atoms with Crippen LogP contribution in [0.1, 0.15) is 59.8 Å². The number of anilines is 1. The summed E-state index contributed by atoms with van der Waals surface area (Å²) in [5, 5.41) is 26.5. The molecule has 8 nitrogen and oxygen atoms in total. The van der Waals surface area contributed by atoms with Crippen LogP contribution in [0.25, 0.3) is 0 Å². The zero-order valence-electron chi connectivity index (χ0n) is 16.4. The molecule has 1 aromatic rings. The van der Waals surface area contributed by atoms with Crippen molar-refractivity contribution >= 4 is 22.8 Å². The van der Waals surface area contributed by atoms with Gasteiger partial charge in [0.1, 0.15) is 5.69 Å². The highest BCUT2D eigenvalue weighted by atomic mass is 16.6. The third-order valence-electron chi connectivity index (χ3n) is 5.48. The molecule has 0 amide bonds. The second-order valence-corrected chi connectivity index (χ2v) is 8.19. The van der Waals surface area contributed by atoms with E-state index in [4.69, 9.17) is 0 Å². The number of non-ortho nitro benzene ring substituents is 1. The molecular formula is C19H28N4O4. The third-order valence-corrected chi connectivity index (χ3v) is 5.48. The Morgan fingerprint density at radius 3 is 2.52 bits per heavy atom. The number of hydrazone groups is 1. The number of rotatable bonds is 7. The summed E-state index contributed by atoms with van der Waals surface area (Å²) in [6.45, 7) is 8.99. The maximum absolute atomic E-state index is 11.2. The molecule has 2 rings (SSSR count). The zero-order valence-corrected chi connectivity index (χ0v) is 16.4. The number of benzene rings is 1. The van der Waals surface area contributed by atoms with E-state index in [1.54, 1.807) is 0 Å². The largest absolute Gasteiger partial charge is 0.301 e. The first kappa shape index (κ1) is 20.8. The highest BCUT2D eigenvalue weighted by Crippen LogP contribution is 2.42. The molecular weight excluding hydrogens is 348 g/mol. The Balaban J connectivity index is 2.21. The smallest absolute Gasteiger partial charge is 0.272 e. The molecule has 0 aliphatic heterocycles. The van der Waals surface area contributed by atoms with Crippen LogP contribution in [0.15, 0.2) is 23.3 Å². The van der Waals surface area contributed by atoms with Crippen LogP contribution >= 0.6 is 0 Å². The van der Waals surface area contributed by atoms with Crippen molar-refractivity contribution in [3.8, 4) is 0 Å². The second-order valence-electron chi connectivity index (χ2n) is 8.19. The Kier molecular flexibility index (Phi) is 6.51. The maximum atomic E-state index is 11.2. The summed E-state index contributed by atoms with van der Waals surface area (Å²) in [4.78, 5) is 20.8. The van der Waals surface area contributed by atoms with Gasteiger partial charge in [-0.15, -0.1) is 0 Å². The molecule has 8 heteroatoms. The van der Waals surface area contributed by atoms with Crippen molar-refractivity contribution < 1.29 is 9.85 Å². The van der Waals surface area contributed by atoms with Gasteiger partial charge in [-0.1, -0.05) is 34.1 Å². The molecule has 0 aromatic heterocycles. The molecule has 0 spiro atoms. The quantitative estimate of drug-likeness (QED) is 0.496. The van der Waals surface area contributed by atoms with Gasteiger partial charge in [-0.2, -0.15) is 5.10 Å². The minimum Gasteiger partial charge on any atom is -0.272 e. The van der Waals surface area contributed by atoms with Crippen molar-refractivity contribution in [2.45, 2.75) is 59.8 Å². The topological polar surface area (TPSA) is 111 Å². The van der Waals surface area contributed by atoms with Crippen LogP contribution < -0.4 is 5.43 Å².